The van der Waals surface area contributed by atoms with Gasteiger partial charge in [-0.1, -0.05) is 12.1 Å². The number of hydrogen-bond acceptors (Lipinski definition) is 2. The first kappa shape index (κ1) is 27.1. The summed E-state index contributed by atoms with van der Waals surface area (Å²) >= 11 is 8.23. The number of hydrogen-bond donors (Lipinski definition) is 0. The maximum atomic E-state index is 12.7. The molecule has 0 atom stereocenters. The Hall–Kier alpha value is -4.04. The van der Waals surface area contributed by atoms with E-state index in [-0.39, 0.29) is 11.8 Å². The van der Waals surface area contributed by atoms with Crippen molar-refractivity contribution in [3.8, 4) is 0 Å². The summed E-state index contributed by atoms with van der Waals surface area (Å²) in [4.78, 5) is 26.8. The monoisotopic (exact) mass is 575 g/mol. The molecule has 1 aliphatic heterocycles. The van der Waals surface area contributed by atoms with Crippen molar-refractivity contribution in [2.75, 3.05) is 6.54 Å². The molecular weight excluding hydrogens is 545 g/mol. The summed E-state index contributed by atoms with van der Waals surface area (Å²) in [6.07, 6.45) is 2.16. The van der Waals surface area contributed by atoms with E-state index in [1.165, 1.54) is 16.0 Å². The third kappa shape index (κ3) is 4.80. The van der Waals surface area contributed by atoms with E-state index in [9.17, 15) is 9.59 Å². The van der Waals surface area contributed by atoms with E-state index in [0.29, 0.717) is 30.3 Å². The molecule has 0 aliphatic carbocycles. The van der Waals surface area contributed by atoms with Gasteiger partial charge in [-0.3, -0.25) is 0 Å². The minimum atomic E-state index is -3.40. The van der Waals surface area contributed by atoms with Gasteiger partial charge >= 0.3 is 235 Å². The molecule has 3 nitrogen and oxygen atoms in total. The predicted molar refractivity (Wildman–Crippen MR) is 171 cm³/mol. The predicted octanol–water partition coefficient (Wildman–Crippen LogP) is 7.10. The Balaban J connectivity index is 1.26. The Kier molecular flexibility index (Phi) is 7.34. The Labute approximate surface area is 246 Å². The van der Waals surface area contributed by atoms with Crippen LogP contribution in [0.2, 0.25) is 0 Å². The molecule has 0 saturated carbocycles. The molecule has 0 unspecified atom stereocenters. The number of rotatable bonds is 9. The van der Waals surface area contributed by atoms with E-state index in [2.05, 4.69) is 97.1 Å². The van der Waals surface area contributed by atoms with Gasteiger partial charge in [0.1, 0.15) is 0 Å². The second-order valence-electron chi connectivity index (χ2n) is 10.6. The van der Waals surface area contributed by atoms with E-state index >= 15 is 0 Å². The average molecular weight is 576 g/mol. The van der Waals surface area contributed by atoms with Gasteiger partial charge in [-0.05, 0) is 0 Å². The van der Waals surface area contributed by atoms with Crippen LogP contribution in [0.5, 0.6) is 0 Å². The van der Waals surface area contributed by atoms with Crippen molar-refractivity contribution in [3.05, 3.63) is 162 Å². The maximum absolute atomic E-state index is 12.7. The van der Waals surface area contributed by atoms with Crippen molar-refractivity contribution in [3.63, 3.8) is 0 Å². The molecule has 0 bridgehead atoms. The normalized spacial score (nSPS) is 14.0. The standard InChI is InChI=1S/C36H31ClNO2P/c37-41(30-14-4-1-5-15-30,31-16-6-2-7-17-31,32-18-8-3-9-19-32)27-29-24-22-28(23-25-29)13-12-26-38-35(39)33-20-10-11-21-34(33)36(38)40/h1-11,14-25H,12-13,26-27H2. The number of aryl methyl sites for hydroxylation is 1. The van der Waals surface area contributed by atoms with E-state index in [1.807, 2.05) is 18.2 Å². The topological polar surface area (TPSA) is 37.4 Å². The summed E-state index contributed by atoms with van der Waals surface area (Å²) in [5.41, 5.74) is 3.33. The number of halogens is 1. The van der Waals surface area contributed by atoms with Gasteiger partial charge in [0.15, 0.2) is 0 Å². The van der Waals surface area contributed by atoms with Crippen LogP contribution >= 0.6 is 17.2 Å². The van der Waals surface area contributed by atoms with Crippen molar-refractivity contribution in [2.24, 2.45) is 0 Å². The summed E-state index contributed by atoms with van der Waals surface area (Å²) in [5, 5.41) is 3.42. The van der Waals surface area contributed by atoms with Crippen LogP contribution in [0.4, 0.5) is 0 Å². The molecule has 0 N–H and O–H groups in total. The van der Waals surface area contributed by atoms with Crippen molar-refractivity contribution in [1.82, 2.24) is 4.90 Å². The van der Waals surface area contributed by atoms with Crippen molar-refractivity contribution < 1.29 is 9.59 Å². The molecule has 6 rings (SSSR count). The van der Waals surface area contributed by atoms with Gasteiger partial charge in [0, 0.05) is 0 Å². The molecule has 0 fully saturated rings. The first-order chi connectivity index (χ1) is 20.0. The third-order valence-electron chi connectivity index (χ3n) is 8.11. The molecule has 1 heterocycles. The van der Waals surface area contributed by atoms with Gasteiger partial charge in [0.05, 0.1) is 0 Å². The zero-order chi connectivity index (χ0) is 28.3. The molecule has 0 radical (unpaired) electrons. The summed E-state index contributed by atoms with van der Waals surface area (Å²) < 4.78 is 0. The van der Waals surface area contributed by atoms with Gasteiger partial charge in [0.2, 0.25) is 0 Å². The number of carbonyl (C=O) groups is 2. The Morgan fingerprint density at radius 2 is 0.902 bits per heavy atom. The van der Waals surface area contributed by atoms with Crippen molar-refractivity contribution in [2.45, 2.75) is 19.0 Å². The van der Waals surface area contributed by atoms with Crippen molar-refractivity contribution in [1.29, 1.82) is 0 Å². The van der Waals surface area contributed by atoms with Gasteiger partial charge in [-0.2, -0.15) is 0 Å². The summed E-state index contributed by atoms with van der Waals surface area (Å²) in [6, 6.07) is 47.2. The van der Waals surface area contributed by atoms with Crippen LogP contribution in [0.15, 0.2) is 140 Å². The zero-order valence-electron chi connectivity index (χ0n) is 22.7. The van der Waals surface area contributed by atoms with Gasteiger partial charge in [0.25, 0.3) is 0 Å². The third-order valence-corrected chi connectivity index (χ3v) is 15.3. The number of carbonyl (C=O) groups excluding carboxylic acids is 2. The average Bonchev–Trinajstić information content (AvgIpc) is 3.28. The fraction of sp³-hybridized carbons (Fsp3) is 0.111. The molecule has 204 valence electrons. The Morgan fingerprint density at radius 3 is 1.34 bits per heavy atom. The number of nitrogens with zero attached hydrogens (tertiary/aromatic N) is 1. The van der Waals surface area contributed by atoms with Crippen LogP contribution in [0, 0.1) is 0 Å². The van der Waals surface area contributed by atoms with Gasteiger partial charge in [-0.15, -0.1) is 0 Å². The molecule has 5 aromatic rings. The van der Waals surface area contributed by atoms with Crippen LogP contribution in [-0.2, 0) is 12.6 Å². The van der Waals surface area contributed by atoms with Crippen LogP contribution < -0.4 is 15.9 Å². The second-order valence-corrected chi connectivity index (χ2v) is 17.0. The molecule has 0 spiro atoms. The number of fused-ring (bicyclic) bond motifs is 1. The number of amides is 2. The van der Waals surface area contributed by atoms with E-state index in [1.54, 1.807) is 24.3 Å². The van der Waals surface area contributed by atoms with E-state index < -0.39 is 5.96 Å². The molecule has 0 saturated heterocycles. The SMILES string of the molecule is O=C1c2ccccc2C(=O)N1CCCc1ccc(CP(Cl)(c2ccccc2)(c2ccccc2)c2ccccc2)cc1. The van der Waals surface area contributed by atoms with Crippen LogP contribution in [0.3, 0.4) is 0 Å². The Bertz CT molecular complexity index is 1550. The molecule has 0 aromatic heterocycles. The number of benzene rings is 5. The molecule has 5 aromatic carbocycles. The fourth-order valence-corrected chi connectivity index (χ4v) is 12.1. The van der Waals surface area contributed by atoms with Gasteiger partial charge < -0.3 is 0 Å². The molecule has 2 amide bonds. The fourth-order valence-electron chi connectivity index (χ4n) is 5.98. The molecular formula is C36H31ClNO2P. The zero-order valence-corrected chi connectivity index (χ0v) is 24.3. The summed E-state index contributed by atoms with van der Waals surface area (Å²) in [6.45, 7) is 0.405. The molecule has 5 heteroatoms. The van der Waals surface area contributed by atoms with Crippen molar-refractivity contribution >= 4 is 44.9 Å². The first-order valence-corrected chi connectivity index (χ1v) is 17.2. The minimum absolute atomic E-state index is 0.197. The molecule has 41 heavy (non-hydrogen) atoms. The summed E-state index contributed by atoms with van der Waals surface area (Å²) in [7, 11) is 0. The van der Waals surface area contributed by atoms with E-state index in [0.717, 1.165) is 22.3 Å². The van der Waals surface area contributed by atoms with Crippen LogP contribution in [0.25, 0.3) is 0 Å². The van der Waals surface area contributed by atoms with Gasteiger partial charge in [-0.25, -0.2) is 0 Å². The van der Waals surface area contributed by atoms with Crippen LogP contribution in [0.1, 0.15) is 38.3 Å². The van der Waals surface area contributed by atoms with E-state index in [4.69, 9.17) is 11.2 Å². The Morgan fingerprint density at radius 1 is 0.512 bits per heavy atom. The number of imide groups is 1. The summed E-state index contributed by atoms with van der Waals surface area (Å²) in [5.74, 6) is -3.80. The van der Waals surface area contributed by atoms with Crippen LogP contribution in [-0.4, -0.2) is 23.3 Å². The molecule has 1 aliphatic rings. The quantitative estimate of drug-likeness (QED) is 0.139. The first-order valence-electron chi connectivity index (χ1n) is 13.9. The second kappa shape index (κ2) is 11.1.